The van der Waals surface area contributed by atoms with Gasteiger partial charge in [0.05, 0.1) is 0 Å². The zero-order chi connectivity index (χ0) is 8.08. The minimum atomic E-state index is -5.17. The van der Waals surface area contributed by atoms with Crippen molar-refractivity contribution in [3.05, 3.63) is 0 Å². The van der Waals surface area contributed by atoms with E-state index in [1.165, 1.54) is 0 Å². The van der Waals surface area contributed by atoms with Gasteiger partial charge in [-0.05, 0) is 12.2 Å². The third-order valence-corrected chi connectivity index (χ3v) is 0. The van der Waals surface area contributed by atoms with E-state index in [1.807, 2.05) is 0 Å². The van der Waals surface area contributed by atoms with Crippen LogP contribution in [-0.2, 0) is 37.7 Å². The van der Waals surface area contributed by atoms with Crippen molar-refractivity contribution in [2.45, 2.75) is 0 Å². The Morgan fingerprint density at radius 2 is 1.30 bits per heavy atom. The number of hydrogen-bond acceptors (Lipinski definition) is 5. The van der Waals surface area contributed by atoms with Crippen molar-refractivity contribution in [2.24, 2.45) is 11.5 Å². The summed E-state index contributed by atoms with van der Waals surface area (Å²) >= 11 is 4.09. The summed E-state index contributed by atoms with van der Waals surface area (Å²) in [4.78, 5) is 0. The molecule has 0 aromatic carbocycles. The van der Waals surface area contributed by atoms with Crippen molar-refractivity contribution >= 4 is 27.7 Å². The van der Waals surface area contributed by atoms with E-state index in [9.17, 15) is 0 Å². The van der Waals surface area contributed by atoms with Crippen LogP contribution in [0.15, 0.2) is 0 Å². The van der Waals surface area contributed by atoms with E-state index in [1.54, 1.807) is 0 Å². The van der Waals surface area contributed by atoms with Gasteiger partial charge in [-0.3, -0.25) is 8.42 Å². The fraction of sp³-hybridized carbons (Fsp3) is 0. The molecule has 0 saturated carbocycles. The average molecular weight is 285 g/mol. The zero-order valence-corrected chi connectivity index (χ0v) is 10.5. The maximum Gasteiger partial charge on any atom is 2.00 e. The Kier molecular flexibility index (Phi) is 12.8. The van der Waals surface area contributed by atoms with Gasteiger partial charge >= 0.3 is 27.3 Å². The summed E-state index contributed by atoms with van der Waals surface area (Å²) in [5.41, 5.74) is 9.24. The average Bonchev–Trinajstić information content (AvgIpc) is 1.19. The van der Waals surface area contributed by atoms with Gasteiger partial charge in [-0.25, -0.2) is 0 Å². The fourth-order valence-electron chi connectivity index (χ4n) is 0. The molecule has 0 aliphatic heterocycles. The van der Waals surface area contributed by atoms with Gasteiger partial charge in [0.2, 0.25) is 0 Å². The van der Waals surface area contributed by atoms with E-state index >= 15 is 0 Å². The van der Waals surface area contributed by atoms with E-state index < -0.39 is 10.4 Å². The predicted molar refractivity (Wildman–Crippen MR) is 31.4 cm³/mol. The van der Waals surface area contributed by atoms with Crippen LogP contribution in [0, 0.1) is 0 Å². The van der Waals surface area contributed by atoms with Crippen molar-refractivity contribution in [1.29, 1.82) is 0 Å². The van der Waals surface area contributed by atoms with Gasteiger partial charge in [0.25, 0.3) is 0 Å². The Hall–Kier alpha value is 0.482. The van der Waals surface area contributed by atoms with E-state index in [-0.39, 0.29) is 32.4 Å². The van der Waals surface area contributed by atoms with Gasteiger partial charge in [-0.15, -0.1) is 0 Å². The molecule has 0 aromatic rings. The topological polar surface area (TPSA) is 132 Å². The molecule has 0 atom stereocenters. The molecule has 0 aliphatic rings. The van der Waals surface area contributed by atoms with Crippen molar-refractivity contribution in [2.75, 3.05) is 0 Å². The van der Waals surface area contributed by atoms with Crippen LogP contribution < -0.4 is 11.5 Å². The fourth-order valence-corrected chi connectivity index (χ4v) is 0. The molecule has 0 spiro atoms. The second-order valence-electron chi connectivity index (χ2n) is 0.811. The van der Waals surface area contributed by atoms with E-state index in [0.717, 1.165) is 0 Å². The Morgan fingerprint density at radius 3 is 1.30 bits per heavy atom. The number of nitrogens with two attached hydrogens (primary N) is 2. The molecule has 0 bridgehead atoms. The van der Waals surface area contributed by atoms with Gasteiger partial charge in [-0.1, -0.05) is 0 Å². The molecule has 4 N–H and O–H groups in total. The summed E-state index contributed by atoms with van der Waals surface area (Å²) in [5, 5.41) is 0.000000000000000222. The molecule has 0 rings (SSSR count). The zero-order valence-electron chi connectivity index (χ0n) is 4.81. The molecule has 56 valence electrons. The van der Waals surface area contributed by atoms with Gasteiger partial charge < -0.3 is 20.6 Å². The maximum atomic E-state index is 8.52. The molecule has 9 heteroatoms. The minimum Gasteiger partial charge on any atom is -0.759 e. The van der Waals surface area contributed by atoms with E-state index in [4.69, 9.17) is 17.5 Å². The first-order valence-corrected chi connectivity index (χ1v) is 3.19. The van der Waals surface area contributed by atoms with Gasteiger partial charge in [0, 0.05) is 10.4 Å². The smallest absolute Gasteiger partial charge is 0.759 e. The van der Waals surface area contributed by atoms with Gasteiger partial charge in [0.1, 0.15) is 0 Å². The molecular weight excluding hydrogens is 281 g/mol. The Balaban J connectivity index is -0.0000000910. The third-order valence-electron chi connectivity index (χ3n) is 0. The van der Waals surface area contributed by atoms with Crippen LogP contribution in [0.25, 0.3) is 0 Å². The second-order valence-corrected chi connectivity index (χ2v) is 2.10. The van der Waals surface area contributed by atoms with Gasteiger partial charge in [0.15, 0.2) is 5.11 Å². The molecule has 10 heavy (non-hydrogen) atoms. The molecule has 0 aliphatic carbocycles. The third kappa shape index (κ3) is 2040. The molecule has 0 aromatic heterocycles. The summed E-state index contributed by atoms with van der Waals surface area (Å²) in [7, 11) is -5.17. The van der Waals surface area contributed by atoms with Crippen molar-refractivity contribution in [3.63, 3.8) is 0 Å². The van der Waals surface area contributed by atoms with Crippen LogP contribution in [0.1, 0.15) is 0 Å². The molecule has 6 nitrogen and oxygen atoms in total. The Bertz CT molecular complexity index is 164. The molecule has 0 fully saturated rings. The SMILES string of the molecule is NC(N)=S.O=S(=O)([O-])[O-].[Cd+2]. The van der Waals surface area contributed by atoms with Crippen LogP contribution in [0.5, 0.6) is 0 Å². The summed E-state index contributed by atoms with van der Waals surface area (Å²) in [6, 6.07) is 0. The quantitative estimate of drug-likeness (QED) is 0.224. The van der Waals surface area contributed by atoms with Crippen molar-refractivity contribution in [3.8, 4) is 0 Å². The standard InChI is InChI=1S/CH4N2S.Cd.H2O4S/c2-1(3)4;;1-5(2,3)4/h(H4,2,3,4);;(H2,1,2,3,4)/q;+2;/p-2. The van der Waals surface area contributed by atoms with Crippen LogP contribution in [-0.4, -0.2) is 22.6 Å². The van der Waals surface area contributed by atoms with Crippen molar-refractivity contribution < 1.29 is 44.8 Å². The summed E-state index contributed by atoms with van der Waals surface area (Å²) in [6.45, 7) is 0. The molecule has 0 unspecified atom stereocenters. The van der Waals surface area contributed by atoms with Crippen LogP contribution in [0.2, 0.25) is 0 Å². The molecule has 0 amide bonds. The summed E-state index contributed by atoms with van der Waals surface area (Å²) < 4.78 is 34.1. The van der Waals surface area contributed by atoms with Crippen molar-refractivity contribution in [1.82, 2.24) is 0 Å². The van der Waals surface area contributed by atoms with Gasteiger partial charge in [-0.2, -0.15) is 0 Å². The number of thiocarbonyl (C=S) groups is 1. The van der Waals surface area contributed by atoms with E-state index in [2.05, 4.69) is 23.7 Å². The second kappa shape index (κ2) is 7.59. The van der Waals surface area contributed by atoms with E-state index in [0.29, 0.717) is 0 Å². The number of rotatable bonds is 0. The summed E-state index contributed by atoms with van der Waals surface area (Å²) in [6.07, 6.45) is 0. The first-order chi connectivity index (χ1) is 3.73. The normalized spacial score (nSPS) is 8.20. The first kappa shape index (κ1) is 16.8. The van der Waals surface area contributed by atoms with Crippen LogP contribution in [0.4, 0.5) is 0 Å². The Morgan fingerprint density at radius 1 is 1.30 bits per heavy atom. The largest absolute Gasteiger partial charge is 2.00 e. The predicted octanol–water partition coefficient (Wildman–Crippen LogP) is -2.15. The molecule has 0 heterocycles. The molecule has 0 saturated heterocycles. The van der Waals surface area contributed by atoms with Crippen LogP contribution >= 0.6 is 12.2 Å². The first-order valence-electron chi connectivity index (χ1n) is 1.45. The maximum absolute atomic E-state index is 8.52. The molecule has 0 radical (unpaired) electrons. The summed E-state index contributed by atoms with van der Waals surface area (Å²) in [5.74, 6) is 0. The monoisotopic (exact) mass is 286 g/mol. The Labute approximate surface area is 83.7 Å². The minimum absolute atomic E-state index is 0. The molecular formula is CH4CdN2O4S2. The number of hydrogen-bond donors (Lipinski definition) is 2. The van der Waals surface area contributed by atoms with Crippen LogP contribution in [0.3, 0.4) is 0 Å².